The minimum absolute atomic E-state index is 0.0586. The van der Waals surface area contributed by atoms with E-state index in [0.717, 1.165) is 6.07 Å². The van der Waals surface area contributed by atoms with Crippen molar-refractivity contribution in [2.75, 3.05) is 18.5 Å². The second kappa shape index (κ2) is 7.32. The summed E-state index contributed by atoms with van der Waals surface area (Å²) in [4.78, 5) is 11.3. The quantitative estimate of drug-likeness (QED) is 0.479. The molecule has 1 aromatic carbocycles. The maximum Gasteiger partial charge on any atom is 0.411 e. The number of ether oxygens (including phenoxy) is 1. The molecule has 4 nitrogen and oxygen atoms in total. The smallest absolute Gasteiger partial charge is 0.389 e. The van der Waals surface area contributed by atoms with Crippen LogP contribution in [0.15, 0.2) is 18.2 Å². The fourth-order valence-electron chi connectivity index (χ4n) is 1.44. The number of amides is 1. The Hall–Kier alpha value is -1.74. The van der Waals surface area contributed by atoms with Gasteiger partial charge in [-0.3, -0.25) is 4.79 Å². The predicted octanol–water partition coefficient (Wildman–Crippen LogP) is 2.37. The van der Waals surface area contributed by atoms with E-state index in [1.165, 1.54) is 12.1 Å². The van der Waals surface area contributed by atoms with Crippen molar-refractivity contribution < 1.29 is 27.1 Å². The Kier molecular flexibility index (Phi) is 6.03. The van der Waals surface area contributed by atoms with Gasteiger partial charge in [0.15, 0.2) is 0 Å². The first-order valence-corrected chi connectivity index (χ1v) is 6.14. The molecule has 0 aliphatic rings. The monoisotopic (exact) mass is 324 g/mol. The summed E-state index contributed by atoms with van der Waals surface area (Å²) < 4.78 is 53.3. The van der Waals surface area contributed by atoms with Crippen LogP contribution < -0.4 is 11.1 Å². The van der Waals surface area contributed by atoms with Crippen LogP contribution in [0.25, 0.3) is 0 Å². The minimum Gasteiger partial charge on any atom is -0.389 e. The van der Waals surface area contributed by atoms with Gasteiger partial charge in [0, 0.05) is 0 Å². The van der Waals surface area contributed by atoms with Gasteiger partial charge < -0.3 is 15.8 Å². The number of alkyl halides is 3. The van der Waals surface area contributed by atoms with E-state index in [0.29, 0.717) is 0 Å². The highest BCUT2D eigenvalue weighted by atomic mass is 32.1. The number of carbonyl (C=O) groups is 1. The molecule has 1 amide bonds. The summed E-state index contributed by atoms with van der Waals surface area (Å²) >= 11 is 4.67. The fourth-order valence-corrected chi connectivity index (χ4v) is 1.65. The van der Waals surface area contributed by atoms with Crippen LogP contribution in [0.1, 0.15) is 12.0 Å². The van der Waals surface area contributed by atoms with Crippen LogP contribution in [-0.4, -0.2) is 30.3 Å². The Morgan fingerprint density at radius 3 is 2.62 bits per heavy atom. The molecule has 0 aliphatic heterocycles. The third kappa shape index (κ3) is 6.05. The summed E-state index contributed by atoms with van der Waals surface area (Å²) in [5.74, 6) is -1.34. The molecule has 0 heterocycles. The molecule has 0 radical (unpaired) electrons. The number of carbonyl (C=O) groups excluding carboxylic acids is 1. The van der Waals surface area contributed by atoms with Gasteiger partial charge in [0.25, 0.3) is 0 Å². The molecule has 0 fully saturated rings. The van der Waals surface area contributed by atoms with Gasteiger partial charge in [-0.1, -0.05) is 18.3 Å². The Morgan fingerprint density at radius 1 is 1.38 bits per heavy atom. The molecule has 0 bridgehead atoms. The van der Waals surface area contributed by atoms with Crippen molar-refractivity contribution in [1.82, 2.24) is 0 Å². The molecule has 0 aromatic heterocycles. The topological polar surface area (TPSA) is 64.3 Å². The Bertz CT molecular complexity index is 534. The van der Waals surface area contributed by atoms with Crippen molar-refractivity contribution in [1.29, 1.82) is 0 Å². The highest BCUT2D eigenvalue weighted by molar-refractivity contribution is 7.80. The normalized spacial score (nSPS) is 11.2. The molecule has 0 aliphatic carbocycles. The third-order valence-electron chi connectivity index (χ3n) is 2.27. The van der Waals surface area contributed by atoms with Crippen LogP contribution >= 0.6 is 12.2 Å². The molecule has 0 unspecified atom stereocenters. The van der Waals surface area contributed by atoms with Gasteiger partial charge >= 0.3 is 6.18 Å². The van der Waals surface area contributed by atoms with Gasteiger partial charge in [-0.15, -0.1) is 0 Å². The maximum absolute atomic E-state index is 13.5. The molecule has 0 saturated heterocycles. The summed E-state index contributed by atoms with van der Waals surface area (Å²) in [6.07, 6.45) is -4.76. The van der Waals surface area contributed by atoms with Crippen molar-refractivity contribution in [2.45, 2.75) is 12.6 Å². The first kappa shape index (κ1) is 17.3. The van der Waals surface area contributed by atoms with E-state index >= 15 is 0 Å². The number of hydrogen-bond donors (Lipinski definition) is 2. The molecular formula is C12H12F4N2O2S. The van der Waals surface area contributed by atoms with Gasteiger partial charge in [-0.2, -0.15) is 13.2 Å². The van der Waals surface area contributed by atoms with Crippen LogP contribution in [-0.2, 0) is 9.53 Å². The van der Waals surface area contributed by atoms with Crippen molar-refractivity contribution in [3.8, 4) is 0 Å². The number of hydrogen-bond acceptors (Lipinski definition) is 3. The van der Waals surface area contributed by atoms with Gasteiger partial charge in [0.05, 0.1) is 24.3 Å². The van der Waals surface area contributed by atoms with Crippen LogP contribution in [0.2, 0.25) is 0 Å². The van der Waals surface area contributed by atoms with E-state index in [2.05, 4.69) is 22.3 Å². The first-order valence-electron chi connectivity index (χ1n) is 5.73. The highest BCUT2D eigenvalue weighted by Gasteiger charge is 2.27. The van der Waals surface area contributed by atoms with Crippen LogP contribution in [0.4, 0.5) is 23.2 Å². The van der Waals surface area contributed by atoms with Crippen molar-refractivity contribution in [3.05, 3.63) is 29.6 Å². The summed E-state index contributed by atoms with van der Waals surface area (Å²) in [5.41, 5.74) is 5.28. The number of nitrogens with one attached hydrogen (secondary N) is 1. The second-order valence-corrected chi connectivity index (χ2v) is 4.43. The summed E-state index contributed by atoms with van der Waals surface area (Å²) in [6, 6.07) is 3.84. The second-order valence-electron chi connectivity index (χ2n) is 3.99. The minimum atomic E-state index is -4.45. The Morgan fingerprint density at radius 2 is 2.05 bits per heavy atom. The molecule has 1 rings (SSSR count). The number of benzene rings is 1. The zero-order chi connectivity index (χ0) is 16.0. The number of rotatable bonds is 6. The number of anilines is 1. The summed E-state index contributed by atoms with van der Waals surface area (Å²) in [6.45, 7) is -1.85. The Balaban J connectivity index is 2.56. The lowest BCUT2D eigenvalue weighted by Crippen LogP contribution is -2.22. The van der Waals surface area contributed by atoms with E-state index in [9.17, 15) is 22.4 Å². The highest BCUT2D eigenvalue weighted by Crippen LogP contribution is 2.19. The molecule has 0 saturated carbocycles. The first-order chi connectivity index (χ1) is 9.70. The van der Waals surface area contributed by atoms with E-state index in [-0.39, 0.29) is 22.7 Å². The van der Waals surface area contributed by atoms with Gasteiger partial charge in [-0.25, -0.2) is 4.39 Å². The van der Waals surface area contributed by atoms with E-state index in [4.69, 9.17) is 5.73 Å². The molecular weight excluding hydrogens is 312 g/mol. The zero-order valence-electron chi connectivity index (χ0n) is 10.7. The van der Waals surface area contributed by atoms with Crippen LogP contribution in [0.5, 0.6) is 0 Å². The van der Waals surface area contributed by atoms with Gasteiger partial charge in [-0.05, 0) is 12.1 Å². The molecule has 21 heavy (non-hydrogen) atoms. The molecule has 0 spiro atoms. The van der Waals surface area contributed by atoms with Crippen molar-refractivity contribution in [3.63, 3.8) is 0 Å². The average molecular weight is 324 g/mol. The standard InChI is InChI=1S/C12H12F4N2O2S/c13-7-2-1-3-8(10(7)11(17)21)18-9(19)4-5-20-6-12(14,15)16/h1-3H,4-6H2,(H2,17,21)(H,18,19). The average Bonchev–Trinajstić information content (AvgIpc) is 2.33. The summed E-state index contributed by atoms with van der Waals surface area (Å²) in [7, 11) is 0. The number of nitrogens with two attached hydrogens (primary N) is 1. The maximum atomic E-state index is 13.5. The van der Waals surface area contributed by atoms with E-state index in [1.54, 1.807) is 0 Å². The lowest BCUT2D eigenvalue weighted by molar-refractivity contribution is -0.174. The predicted molar refractivity (Wildman–Crippen MR) is 72.4 cm³/mol. The molecule has 0 atom stereocenters. The van der Waals surface area contributed by atoms with Gasteiger partial charge in [0.2, 0.25) is 5.91 Å². The number of thiocarbonyl (C=S) groups is 1. The van der Waals surface area contributed by atoms with Crippen LogP contribution in [0, 0.1) is 5.82 Å². The Labute approximate surface area is 123 Å². The van der Waals surface area contributed by atoms with E-state index < -0.39 is 31.1 Å². The SMILES string of the molecule is NC(=S)c1c(F)cccc1NC(=O)CCOCC(F)(F)F. The van der Waals surface area contributed by atoms with Crippen molar-refractivity contribution in [2.24, 2.45) is 5.73 Å². The molecule has 9 heteroatoms. The largest absolute Gasteiger partial charge is 0.411 e. The lowest BCUT2D eigenvalue weighted by atomic mass is 10.1. The third-order valence-corrected chi connectivity index (χ3v) is 2.48. The van der Waals surface area contributed by atoms with E-state index in [1.807, 2.05) is 0 Å². The van der Waals surface area contributed by atoms with Gasteiger partial charge in [0.1, 0.15) is 17.4 Å². The van der Waals surface area contributed by atoms with Crippen molar-refractivity contribution >= 4 is 28.8 Å². The van der Waals surface area contributed by atoms with Crippen LogP contribution in [0.3, 0.4) is 0 Å². The molecule has 3 N–H and O–H groups in total. The fraction of sp³-hybridized carbons (Fsp3) is 0.333. The summed E-state index contributed by atoms with van der Waals surface area (Å²) in [5, 5.41) is 2.32. The zero-order valence-corrected chi connectivity index (χ0v) is 11.5. The molecule has 1 aromatic rings. The lowest BCUT2D eigenvalue weighted by Gasteiger charge is -2.11. The number of halogens is 4. The molecule has 116 valence electrons.